The van der Waals surface area contributed by atoms with Gasteiger partial charge in [-0.3, -0.25) is 9.69 Å². The SMILES string of the molecule is CCN(CC(=O)c1ccccc1Br)CC1CCCO1. The molecule has 1 atom stereocenters. The highest BCUT2D eigenvalue weighted by Crippen LogP contribution is 2.18. The van der Waals surface area contributed by atoms with E-state index >= 15 is 0 Å². The molecule has 1 saturated heterocycles. The van der Waals surface area contributed by atoms with Gasteiger partial charge in [0, 0.05) is 23.2 Å². The van der Waals surface area contributed by atoms with Gasteiger partial charge in [0.1, 0.15) is 0 Å². The Morgan fingerprint density at radius 2 is 2.26 bits per heavy atom. The Bertz CT molecular complexity index is 430. The normalized spacial score (nSPS) is 19.0. The summed E-state index contributed by atoms with van der Waals surface area (Å²) in [5.74, 6) is 0.160. The first-order chi connectivity index (χ1) is 9.20. The van der Waals surface area contributed by atoms with Crippen molar-refractivity contribution in [1.29, 1.82) is 0 Å². The maximum atomic E-state index is 12.3. The lowest BCUT2D eigenvalue weighted by molar-refractivity contribution is 0.0686. The summed E-state index contributed by atoms with van der Waals surface area (Å²) >= 11 is 3.43. The van der Waals surface area contributed by atoms with Crippen LogP contribution in [-0.4, -0.2) is 43.0 Å². The van der Waals surface area contributed by atoms with Crippen molar-refractivity contribution in [2.24, 2.45) is 0 Å². The number of nitrogens with zero attached hydrogens (tertiary/aromatic N) is 1. The molecular weight excluding hydrogens is 306 g/mol. The molecule has 0 radical (unpaired) electrons. The summed E-state index contributed by atoms with van der Waals surface area (Å²) in [5.41, 5.74) is 0.758. The van der Waals surface area contributed by atoms with Crippen LogP contribution in [0.4, 0.5) is 0 Å². The highest BCUT2D eigenvalue weighted by Gasteiger charge is 2.20. The third kappa shape index (κ3) is 4.13. The second-order valence-corrected chi connectivity index (χ2v) is 5.72. The summed E-state index contributed by atoms with van der Waals surface area (Å²) in [4.78, 5) is 14.5. The third-order valence-electron chi connectivity index (χ3n) is 3.47. The second kappa shape index (κ2) is 7.17. The van der Waals surface area contributed by atoms with Crippen molar-refractivity contribution < 1.29 is 9.53 Å². The number of ether oxygens (including phenoxy) is 1. The Kier molecular flexibility index (Phi) is 5.55. The maximum absolute atomic E-state index is 12.3. The molecule has 1 unspecified atom stereocenters. The molecule has 19 heavy (non-hydrogen) atoms. The third-order valence-corrected chi connectivity index (χ3v) is 4.17. The molecule has 0 aromatic heterocycles. The minimum absolute atomic E-state index is 0.160. The van der Waals surface area contributed by atoms with E-state index in [1.165, 1.54) is 0 Å². The van der Waals surface area contributed by atoms with E-state index in [-0.39, 0.29) is 5.78 Å². The van der Waals surface area contributed by atoms with E-state index in [1.807, 2.05) is 24.3 Å². The summed E-state index contributed by atoms with van der Waals surface area (Å²) in [7, 11) is 0. The molecule has 1 aromatic rings. The Hall–Kier alpha value is -0.710. The minimum Gasteiger partial charge on any atom is -0.377 e. The number of hydrogen-bond acceptors (Lipinski definition) is 3. The Balaban J connectivity index is 1.94. The lowest BCUT2D eigenvalue weighted by atomic mass is 10.1. The summed E-state index contributed by atoms with van der Waals surface area (Å²) < 4.78 is 6.50. The largest absolute Gasteiger partial charge is 0.377 e. The number of carbonyl (C=O) groups is 1. The first-order valence-electron chi connectivity index (χ1n) is 6.82. The van der Waals surface area contributed by atoms with Gasteiger partial charge in [0.25, 0.3) is 0 Å². The topological polar surface area (TPSA) is 29.5 Å². The monoisotopic (exact) mass is 325 g/mol. The van der Waals surface area contributed by atoms with Gasteiger partial charge in [-0.15, -0.1) is 0 Å². The van der Waals surface area contributed by atoms with Gasteiger partial charge in [-0.1, -0.05) is 41.1 Å². The van der Waals surface area contributed by atoms with E-state index in [4.69, 9.17) is 4.74 Å². The van der Waals surface area contributed by atoms with Crippen molar-refractivity contribution in [1.82, 2.24) is 4.90 Å². The van der Waals surface area contributed by atoms with Crippen molar-refractivity contribution in [2.75, 3.05) is 26.2 Å². The lowest BCUT2D eigenvalue weighted by Crippen LogP contribution is -2.36. The van der Waals surface area contributed by atoms with Gasteiger partial charge in [0.2, 0.25) is 0 Å². The van der Waals surface area contributed by atoms with Crippen LogP contribution in [0.3, 0.4) is 0 Å². The molecule has 104 valence electrons. The van der Waals surface area contributed by atoms with Gasteiger partial charge in [0.05, 0.1) is 12.6 Å². The standard InChI is InChI=1S/C15H20BrNO2/c1-2-17(10-12-6-5-9-19-12)11-15(18)13-7-3-4-8-14(13)16/h3-4,7-8,12H,2,5-6,9-11H2,1H3. The fraction of sp³-hybridized carbons (Fsp3) is 0.533. The smallest absolute Gasteiger partial charge is 0.177 e. The zero-order chi connectivity index (χ0) is 13.7. The molecule has 0 amide bonds. The van der Waals surface area contributed by atoms with Crippen molar-refractivity contribution in [3.05, 3.63) is 34.3 Å². The molecule has 1 aromatic carbocycles. The van der Waals surface area contributed by atoms with Crippen molar-refractivity contribution in [3.8, 4) is 0 Å². The predicted molar refractivity (Wildman–Crippen MR) is 79.6 cm³/mol. The highest BCUT2D eigenvalue weighted by molar-refractivity contribution is 9.10. The van der Waals surface area contributed by atoms with Crippen molar-refractivity contribution in [3.63, 3.8) is 0 Å². The molecule has 1 fully saturated rings. The molecule has 0 saturated carbocycles. The minimum atomic E-state index is 0.160. The number of ketones is 1. The quantitative estimate of drug-likeness (QED) is 0.752. The van der Waals surface area contributed by atoms with Crippen LogP contribution in [-0.2, 0) is 4.74 Å². The van der Waals surface area contributed by atoms with E-state index in [1.54, 1.807) is 0 Å². The van der Waals surface area contributed by atoms with E-state index in [0.717, 1.165) is 42.6 Å². The van der Waals surface area contributed by atoms with E-state index in [2.05, 4.69) is 27.8 Å². The molecule has 0 N–H and O–H groups in total. The van der Waals surface area contributed by atoms with Crippen LogP contribution in [0, 0.1) is 0 Å². The van der Waals surface area contributed by atoms with Crippen molar-refractivity contribution in [2.45, 2.75) is 25.9 Å². The van der Waals surface area contributed by atoms with Crippen LogP contribution in [0.1, 0.15) is 30.1 Å². The number of Topliss-reactive ketones (excluding diaryl/α,β-unsaturated/α-hetero) is 1. The molecule has 1 aliphatic heterocycles. The fourth-order valence-electron chi connectivity index (χ4n) is 2.36. The molecule has 4 heteroatoms. The molecule has 1 heterocycles. The second-order valence-electron chi connectivity index (χ2n) is 4.87. The Morgan fingerprint density at radius 3 is 2.89 bits per heavy atom. The summed E-state index contributed by atoms with van der Waals surface area (Å²) in [6, 6.07) is 7.59. The molecule has 1 aliphatic rings. The average Bonchev–Trinajstić information content (AvgIpc) is 2.91. The molecule has 0 bridgehead atoms. The Labute approximate surface area is 123 Å². The van der Waals surface area contributed by atoms with Crippen LogP contribution in [0.25, 0.3) is 0 Å². The predicted octanol–water partition coefficient (Wildman–Crippen LogP) is 3.13. The van der Waals surface area contributed by atoms with E-state index < -0.39 is 0 Å². The number of carbonyl (C=O) groups excluding carboxylic acids is 1. The number of halogens is 1. The summed E-state index contributed by atoms with van der Waals surface area (Å²) in [6.07, 6.45) is 2.55. The molecular formula is C15H20BrNO2. The number of hydrogen-bond donors (Lipinski definition) is 0. The molecule has 2 rings (SSSR count). The molecule has 0 spiro atoms. The van der Waals surface area contributed by atoms with Gasteiger partial charge in [-0.25, -0.2) is 0 Å². The zero-order valence-electron chi connectivity index (χ0n) is 11.3. The van der Waals surface area contributed by atoms with E-state index in [9.17, 15) is 4.79 Å². The van der Waals surface area contributed by atoms with Gasteiger partial charge < -0.3 is 4.74 Å². The molecule has 3 nitrogen and oxygen atoms in total. The fourth-order valence-corrected chi connectivity index (χ4v) is 2.86. The Morgan fingerprint density at radius 1 is 1.47 bits per heavy atom. The first-order valence-corrected chi connectivity index (χ1v) is 7.61. The van der Waals surface area contributed by atoms with Crippen LogP contribution >= 0.6 is 15.9 Å². The number of rotatable bonds is 6. The highest BCUT2D eigenvalue weighted by atomic mass is 79.9. The number of benzene rings is 1. The van der Waals surface area contributed by atoms with Crippen LogP contribution < -0.4 is 0 Å². The van der Waals surface area contributed by atoms with Crippen LogP contribution in [0.2, 0.25) is 0 Å². The van der Waals surface area contributed by atoms with Crippen LogP contribution in [0.5, 0.6) is 0 Å². The summed E-state index contributed by atoms with van der Waals surface area (Å²) in [5, 5.41) is 0. The molecule has 0 aliphatic carbocycles. The number of likely N-dealkylation sites (N-methyl/N-ethyl adjacent to an activating group) is 1. The average molecular weight is 326 g/mol. The maximum Gasteiger partial charge on any atom is 0.177 e. The van der Waals surface area contributed by atoms with E-state index in [0.29, 0.717) is 12.6 Å². The zero-order valence-corrected chi connectivity index (χ0v) is 12.9. The van der Waals surface area contributed by atoms with Gasteiger partial charge >= 0.3 is 0 Å². The summed E-state index contributed by atoms with van der Waals surface area (Å²) in [6.45, 7) is 5.13. The first kappa shape index (κ1) is 14.7. The van der Waals surface area contributed by atoms with Gasteiger partial charge in [-0.2, -0.15) is 0 Å². The van der Waals surface area contributed by atoms with Gasteiger partial charge in [0.15, 0.2) is 5.78 Å². The van der Waals surface area contributed by atoms with Crippen LogP contribution in [0.15, 0.2) is 28.7 Å². The van der Waals surface area contributed by atoms with Gasteiger partial charge in [-0.05, 0) is 25.5 Å². The van der Waals surface area contributed by atoms with Crippen molar-refractivity contribution >= 4 is 21.7 Å². The lowest BCUT2D eigenvalue weighted by Gasteiger charge is -2.23.